The smallest absolute Gasteiger partial charge is 0.260 e. The first kappa shape index (κ1) is 26.0. The van der Waals surface area contributed by atoms with E-state index >= 15 is 0 Å². The summed E-state index contributed by atoms with van der Waals surface area (Å²) in [5.74, 6) is 3.38. The second kappa shape index (κ2) is 10.1. The van der Waals surface area contributed by atoms with Gasteiger partial charge in [-0.15, -0.1) is 11.3 Å². The lowest BCUT2D eigenvalue weighted by atomic mass is 9.72. The van der Waals surface area contributed by atoms with Gasteiger partial charge in [-0.1, -0.05) is 38.4 Å². The minimum Gasteiger partial charge on any atom is -0.490 e. The topological polar surface area (TPSA) is 82.7 Å². The summed E-state index contributed by atoms with van der Waals surface area (Å²) in [6.45, 7) is 9.69. The molecule has 0 amide bonds. The highest BCUT2D eigenvalue weighted by Gasteiger charge is 2.32. The van der Waals surface area contributed by atoms with E-state index in [0.29, 0.717) is 46.2 Å². The zero-order chi connectivity index (χ0) is 27.3. The van der Waals surface area contributed by atoms with E-state index in [1.54, 1.807) is 17.4 Å². The van der Waals surface area contributed by atoms with E-state index in [2.05, 4.69) is 25.8 Å². The number of halogens is 1. The Bertz CT molecular complexity index is 1620. The summed E-state index contributed by atoms with van der Waals surface area (Å²) in [5.41, 5.74) is 2.86. The van der Waals surface area contributed by atoms with Crippen molar-refractivity contribution in [3.63, 3.8) is 0 Å². The van der Waals surface area contributed by atoms with Crippen LogP contribution in [0, 0.1) is 11.3 Å². The number of nitrogens with one attached hydrogen (secondary N) is 1. The standard InChI is InChI=1S/C30H31ClN2O5S/c1-5-35-23-12-17(11-20(31)26(23)36-14-16-6-9-21-22(10-16)38-15-37-21)27-32-28(34)25-19-8-7-18(30(2,3)4)13-24(19)39-29(25)33-27/h6,9-12,18H,5,7-8,13-15H2,1-4H3,(H,32,33,34). The SMILES string of the molecule is CCOc1cc(-c2nc3sc4c(c3c(=O)[nH]2)CCC(C(C)(C)C)C4)cc(Cl)c1OCc1ccc2c(c1)OCO2. The minimum absolute atomic E-state index is 0.112. The number of aryl methyl sites for hydroxylation is 1. The molecule has 3 heterocycles. The quantitative estimate of drug-likeness (QED) is 0.266. The van der Waals surface area contributed by atoms with Crippen LogP contribution in [0.1, 0.15) is 50.1 Å². The maximum absolute atomic E-state index is 13.3. The number of nitrogens with zero attached hydrogens (tertiary/aromatic N) is 1. The molecule has 0 saturated heterocycles. The summed E-state index contributed by atoms with van der Waals surface area (Å²) in [7, 11) is 0. The van der Waals surface area contributed by atoms with Crippen molar-refractivity contribution in [2.45, 2.75) is 53.6 Å². The maximum Gasteiger partial charge on any atom is 0.260 e. The lowest BCUT2D eigenvalue weighted by Crippen LogP contribution is -2.26. The summed E-state index contributed by atoms with van der Waals surface area (Å²) < 4.78 is 22.8. The molecule has 1 N–H and O–H groups in total. The molecule has 4 aromatic rings. The molecule has 2 aromatic carbocycles. The number of rotatable bonds is 6. The highest BCUT2D eigenvalue weighted by atomic mass is 35.5. The molecule has 0 bridgehead atoms. The van der Waals surface area contributed by atoms with Gasteiger partial charge in [0.15, 0.2) is 23.0 Å². The summed E-state index contributed by atoms with van der Waals surface area (Å²) in [4.78, 5) is 23.2. The Balaban J connectivity index is 1.31. The molecule has 1 unspecified atom stereocenters. The highest BCUT2D eigenvalue weighted by Crippen LogP contribution is 2.43. The van der Waals surface area contributed by atoms with E-state index in [9.17, 15) is 4.79 Å². The van der Waals surface area contributed by atoms with Crippen LogP contribution in [0.25, 0.3) is 21.6 Å². The fourth-order valence-corrected chi connectivity index (χ4v) is 6.92. The predicted octanol–water partition coefficient (Wildman–Crippen LogP) is 7.16. The van der Waals surface area contributed by atoms with Crippen LogP contribution in [0.3, 0.4) is 0 Å². The van der Waals surface area contributed by atoms with Gasteiger partial charge in [0.1, 0.15) is 17.3 Å². The molecule has 1 aliphatic carbocycles. The third-order valence-corrected chi connectivity index (χ3v) is 8.98. The Morgan fingerprint density at radius 3 is 2.77 bits per heavy atom. The molecule has 0 saturated carbocycles. The molecule has 2 aliphatic rings. The molecule has 0 radical (unpaired) electrons. The molecule has 2 aromatic heterocycles. The van der Waals surface area contributed by atoms with Crippen LogP contribution in [0.15, 0.2) is 35.1 Å². The maximum atomic E-state index is 13.3. The Morgan fingerprint density at radius 2 is 1.97 bits per heavy atom. The van der Waals surface area contributed by atoms with Crippen molar-refractivity contribution in [3.05, 3.63) is 61.7 Å². The Kier molecular flexibility index (Phi) is 6.71. The normalized spacial score (nSPS) is 16.4. The van der Waals surface area contributed by atoms with Gasteiger partial charge in [0.05, 0.1) is 17.0 Å². The van der Waals surface area contributed by atoms with Gasteiger partial charge >= 0.3 is 0 Å². The van der Waals surface area contributed by atoms with Crippen LogP contribution in [0.5, 0.6) is 23.0 Å². The molecule has 204 valence electrons. The van der Waals surface area contributed by atoms with Gasteiger partial charge in [-0.25, -0.2) is 4.98 Å². The van der Waals surface area contributed by atoms with Crippen LogP contribution < -0.4 is 24.5 Å². The number of thiophene rings is 1. The molecular formula is C30H31ClN2O5S. The number of aromatic nitrogens is 2. The number of ether oxygens (including phenoxy) is 4. The number of hydrogen-bond donors (Lipinski definition) is 1. The molecular weight excluding hydrogens is 536 g/mol. The van der Waals surface area contributed by atoms with Crippen LogP contribution in [-0.2, 0) is 19.4 Å². The van der Waals surface area contributed by atoms with E-state index < -0.39 is 0 Å². The summed E-state index contributed by atoms with van der Waals surface area (Å²) in [6, 6.07) is 9.24. The van der Waals surface area contributed by atoms with Crippen LogP contribution in [0.4, 0.5) is 0 Å². The van der Waals surface area contributed by atoms with Gasteiger partial charge in [0, 0.05) is 10.4 Å². The lowest BCUT2D eigenvalue weighted by Gasteiger charge is -2.33. The minimum atomic E-state index is -0.112. The predicted molar refractivity (Wildman–Crippen MR) is 154 cm³/mol. The first-order chi connectivity index (χ1) is 18.7. The van der Waals surface area contributed by atoms with Crippen molar-refractivity contribution in [1.29, 1.82) is 0 Å². The summed E-state index contributed by atoms with van der Waals surface area (Å²) in [6.07, 6.45) is 2.99. The number of fused-ring (bicyclic) bond motifs is 4. The van der Waals surface area contributed by atoms with Crippen molar-refractivity contribution in [2.75, 3.05) is 13.4 Å². The van der Waals surface area contributed by atoms with E-state index in [-0.39, 0.29) is 24.4 Å². The summed E-state index contributed by atoms with van der Waals surface area (Å²) in [5, 5.41) is 1.10. The molecule has 1 atom stereocenters. The van der Waals surface area contributed by atoms with E-state index in [0.717, 1.165) is 46.4 Å². The average molecular weight is 567 g/mol. The molecule has 0 spiro atoms. The Hall–Kier alpha value is -3.23. The Labute approximate surface area is 236 Å². The zero-order valence-electron chi connectivity index (χ0n) is 22.5. The monoisotopic (exact) mass is 566 g/mol. The number of aromatic amines is 1. The fourth-order valence-electron chi connectivity index (χ4n) is 5.35. The van der Waals surface area contributed by atoms with Gasteiger partial charge in [0.25, 0.3) is 5.56 Å². The van der Waals surface area contributed by atoms with Crippen LogP contribution in [-0.4, -0.2) is 23.4 Å². The molecule has 6 rings (SSSR count). The number of hydrogen-bond acceptors (Lipinski definition) is 7. The number of benzene rings is 2. The molecule has 1 aliphatic heterocycles. The molecule has 0 fully saturated rings. The van der Waals surface area contributed by atoms with Crippen molar-refractivity contribution in [2.24, 2.45) is 11.3 Å². The van der Waals surface area contributed by atoms with Gasteiger partial charge < -0.3 is 23.9 Å². The van der Waals surface area contributed by atoms with Crippen molar-refractivity contribution >= 4 is 33.2 Å². The van der Waals surface area contributed by atoms with Crippen molar-refractivity contribution in [3.8, 4) is 34.4 Å². The Morgan fingerprint density at radius 1 is 1.15 bits per heavy atom. The second-order valence-corrected chi connectivity index (χ2v) is 12.6. The lowest BCUT2D eigenvalue weighted by molar-refractivity contribution is 0.174. The van der Waals surface area contributed by atoms with E-state index in [1.165, 1.54) is 4.88 Å². The molecule has 7 nitrogen and oxygen atoms in total. The third kappa shape index (κ3) is 4.96. The third-order valence-electron chi connectivity index (χ3n) is 7.55. The zero-order valence-corrected chi connectivity index (χ0v) is 24.1. The average Bonchev–Trinajstić information content (AvgIpc) is 3.51. The van der Waals surface area contributed by atoms with Crippen molar-refractivity contribution < 1.29 is 18.9 Å². The van der Waals surface area contributed by atoms with Gasteiger partial charge in [-0.2, -0.15) is 0 Å². The summed E-state index contributed by atoms with van der Waals surface area (Å²) >= 11 is 8.35. The first-order valence-electron chi connectivity index (χ1n) is 13.2. The molecule has 39 heavy (non-hydrogen) atoms. The second-order valence-electron chi connectivity index (χ2n) is 11.1. The van der Waals surface area contributed by atoms with Crippen molar-refractivity contribution in [1.82, 2.24) is 9.97 Å². The van der Waals surface area contributed by atoms with Gasteiger partial charge in [-0.3, -0.25) is 4.79 Å². The fraction of sp³-hybridized carbons (Fsp3) is 0.400. The van der Waals surface area contributed by atoms with E-state index in [4.69, 9.17) is 35.5 Å². The largest absolute Gasteiger partial charge is 0.490 e. The first-order valence-corrected chi connectivity index (χ1v) is 14.4. The van der Waals surface area contributed by atoms with Crippen LogP contribution in [0.2, 0.25) is 5.02 Å². The highest BCUT2D eigenvalue weighted by molar-refractivity contribution is 7.18. The number of H-pyrrole nitrogens is 1. The molecule has 9 heteroatoms. The van der Waals surface area contributed by atoms with Crippen LogP contribution >= 0.6 is 22.9 Å². The van der Waals surface area contributed by atoms with Gasteiger partial charge in [0.2, 0.25) is 6.79 Å². The van der Waals surface area contributed by atoms with E-state index in [1.807, 2.05) is 31.2 Å². The van der Waals surface area contributed by atoms with Gasteiger partial charge in [-0.05, 0) is 72.9 Å².